The van der Waals surface area contributed by atoms with Crippen LogP contribution in [0, 0.1) is 5.41 Å². The molecule has 0 bridgehead atoms. The van der Waals surface area contributed by atoms with E-state index in [0.717, 1.165) is 78.3 Å². The summed E-state index contributed by atoms with van der Waals surface area (Å²) < 4.78 is 38.7. The highest BCUT2D eigenvalue weighted by Crippen LogP contribution is 2.48. The lowest BCUT2D eigenvalue weighted by atomic mass is 9.85. The van der Waals surface area contributed by atoms with Crippen LogP contribution in [0.5, 0.6) is 0 Å². The largest absolute Gasteiger partial charge is 0.393 e. The molecular weight excluding hydrogens is 473 g/mol. The third kappa shape index (κ3) is 4.59. The minimum Gasteiger partial charge on any atom is -0.382 e. The number of fused-ring (bicyclic) bond motifs is 1. The number of halogens is 3. The molecule has 0 amide bonds. The normalized spacial score (nSPS) is 22.5. The standard InChI is InChI=1S/C25H25F3N6S/c26-25(27,28)13-19-11-20-22(29-15-30-23(20)35-19)34-10-8-24(14-34)7-5-18(12-24)32-17-3-1-16(2-4-17)21-6-9-31-33-21/h1-4,6,9,11,15,18,32H,5,7-8,10,12-14H2,(H,31,33)/t18-,24+/m1/s1. The molecule has 4 aromatic rings. The van der Waals surface area contributed by atoms with E-state index in [1.54, 1.807) is 12.3 Å². The smallest absolute Gasteiger partial charge is 0.382 e. The predicted molar refractivity (Wildman–Crippen MR) is 132 cm³/mol. The van der Waals surface area contributed by atoms with Gasteiger partial charge in [-0.2, -0.15) is 18.3 Å². The van der Waals surface area contributed by atoms with E-state index in [1.807, 2.05) is 6.07 Å². The molecule has 1 aliphatic heterocycles. The number of anilines is 2. The first-order valence-corrected chi connectivity index (χ1v) is 12.6. The van der Waals surface area contributed by atoms with Gasteiger partial charge in [0.25, 0.3) is 0 Å². The maximum absolute atomic E-state index is 12.9. The van der Waals surface area contributed by atoms with Crippen LogP contribution in [0.3, 0.4) is 0 Å². The van der Waals surface area contributed by atoms with E-state index in [2.05, 4.69) is 54.6 Å². The van der Waals surface area contributed by atoms with Crippen molar-refractivity contribution in [2.75, 3.05) is 23.3 Å². The van der Waals surface area contributed by atoms with Crippen LogP contribution in [-0.4, -0.2) is 45.5 Å². The number of nitrogens with zero attached hydrogens (tertiary/aromatic N) is 4. The Balaban J connectivity index is 1.13. The van der Waals surface area contributed by atoms with Crippen molar-refractivity contribution < 1.29 is 13.2 Å². The van der Waals surface area contributed by atoms with Crippen molar-refractivity contribution >= 4 is 33.1 Å². The van der Waals surface area contributed by atoms with Crippen molar-refractivity contribution in [3.63, 3.8) is 0 Å². The number of nitrogens with one attached hydrogen (secondary N) is 2. The maximum atomic E-state index is 12.9. The van der Waals surface area contributed by atoms with Crippen LogP contribution >= 0.6 is 11.3 Å². The van der Waals surface area contributed by atoms with Crippen molar-refractivity contribution in [3.8, 4) is 11.3 Å². The van der Waals surface area contributed by atoms with Crippen molar-refractivity contribution in [2.24, 2.45) is 5.41 Å². The lowest BCUT2D eigenvalue weighted by molar-refractivity contribution is -0.126. The van der Waals surface area contributed by atoms with Crippen LogP contribution in [0.4, 0.5) is 24.7 Å². The Morgan fingerprint density at radius 1 is 1.14 bits per heavy atom. The van der Waals surface area contributed by atoms with Gasteiger partial charge in [0.15, 0.2) is 0 Å². The minimum absolute atomic E-state index is 0.204. The summed E-state index contributed by atoms with van der Waals surface area (Å²) in [6.07, 6.45) is 2.44. The van der Waals surface area contributed by atoms with Crippen molar-refractivity contribution in [2.45, 2.75) is 44.3 Å². The summed E-state index contributed by atoms with van der Waals surface area (Å²) in [5, 5.41) is 11.4. The van der Waals surface area contributed by atoms with Crippen LogP contribution in [0.25, 0.3) is 21.5 Å². The third-order valence-electron chi connectivity index (χ3n) is 7.24. The molecular formula is C25H25F3N6S. The molecule has 1 aliphatic carbocycles. The highest BCUT2D eigenvalue weighted by Gasteiger charge is 2.44. The van der Waals surface area contributed by atoms with E-state index in [-0.39, 0.29) is 10.3 Å². The van der Waals surface area contributed by atoms with Gasteiger partial charge in [0.05, 0.1) is 17.5 Å². The minimum atomic E-state index is -4.22. The Morgan fingerprint density at radius 2 is 2.00 bits per heavy atom. The fourth-order valence-electron chi connectivity index (χ4n) is 5.65. The molecule has 4 heterocycles. The molecule has 6 rings (SSSR count). The summed E-state index contributed by atoms with van der Waals surface area (Å²) >= 11 is 1.11. The predicted octanol–water partition coefficient (Wildman–Crippen LogP) is 6.05. The fraction of sp³-hybridized carbons (Fsp3) is 0.400. The molecule has 2 fully saturated rings. The average molecular weight is 499 g/mol. The lowest BCUT2D eigenvalue weighted by Crippen LogP contribution is -2.27. The second kappa shape index (κ2) is 8.51. The van der Waals surface area contributed by atoms with Gasteiger partial charge in [0, 0.05) is 35.9 Å². The molecule has 1 aromatic carbocycles. The Morgan fingerprint density at radius 3 is 2.77 bits per heavy atom. The van der Waals surface area contributed by atoms with Gasteiger partial charge >= 0.3 is 6.18 Å². The summed E-state index contributed by atoms with van der Waals surface area (Å²) in [6.45, 7) is 1.74. The van der Waals surface area contributed by atoms with Crippen LogP contribution in [-0.2, 0) is 6.42 Å². The van der Waals surface area contributed by atoms with Crippen LogP contribution in [0.2, 0.25) is 0 Å². The lowest BCUT2D eigenvalue weighted by Gasteiger charge is -2.25. The van der Waals surface area contributed by atoms with E-state index >= 15 is 0 Å². The first kappa shape index (κ1) is 22.3. The summed E-state index contributed by atoms with van der Waals surface area (Å²) in [6, 6.07) is 12.4. The summed E-state index contributed by atoms with van der Waals surface area (Å²) in [5.41, 5.74) is 3.41. The second-order valence-electron chi connectivity index (χ2n) is 9.72. The Hall–Kier alpha value is -3.14. The van der Waals surface area contributed by atoms with Crippen LogP contribution < -0.4 is 10.2 Å². The number of hydrogen-bond acceptors (Lipinski definition) is 6. The number of hydrogen-bond donors (Lipinski definition) is 2. The molecule has 182 valence electrons. The van der Waals surface area contributed by atoms with Gasteiger partial charge in [-0.15, -0.1) is 11.3 Å². The number of alkyl halides is 3. The molecule has 10 heteroatoms. The number of H-pyrrole nitrogens is 1. The van der Waals surface area contributed by atoms with Gasteiger partial charge in [-0.3, -0.25) is 5.10 Å². The van der Waals surface area contributed by atoms with Crippen molar-refractivity contribution in [1.29, 1.82) is 0 Å². The fourth-order valence-corrected chi connectivity index (χ4v) is 6.67. The summed E-state index contributed by atoms with van der Waals surface area (Å²) in [5.74, 6) is 0.766. The van der Waals surface area contributed by atoms with Gasteiger partial charge in [0.2, 0.25) is 0 Å². The van der Waals surface area contributed by atoms with E-state index in [1.165, 1.54) is 6.33 Å². The van der Waals surface area contributed by atoms with Gasteiger partial charge in [-0.05, 0) is 60.9 Å². The van der Waals surface area contributed by atoms with Gasteiger partial charge in [0.1, 0.15) is 17.0 Å². The van der Waals surface area contributed by atoms with E-state index in [4.69, 9.17) is 0 Å². The molecule has 3 aromatic heterocycles. The maximum Gasteiger partial charge on any atom is 0.393 e. The third-order valence-corrected chi connectivity index (χ3v) is 8.28. The van der Waals surface area contributed by atoms with Gasteiger partial charge in [-0.1, -0.05) is 12.1 Å². The number of aromatic nitrogens is 4. The molecule has 1 saturated carbocycles. The van der Waals surface area contributed by atoms with Crippen LogP contribution in [0.15, 0.2) is 48.9 Å². The van der Waals surface area contributed by atoms with Crippen LogP contribution in [0.1, 0.15) is 30.6 Å². The van der Waals surface area contributed by atoms with E-state index in [9.17, 15) is 13.2 Å². The summed E-state index contributed by atoms with van der Waals surface area (Å²) in [7, 11) is 0. The zero-order valence-corrected chi connectivity index (χ0v) is 19.8. The molecule has 0 radical (unpaired) electrons. The number of thiophene rings is 1. The Labute approximate surface area is 204 Å². The molecule has 2 atom stereocenters. The number of aromatic amines is 1. The van der Waals surface area contributed by atoms with E-state index in [0.29, 0.717) is 10.9 Å². The molecule has 2 N–H and O–H groups in total. The zero-order valence-electron chi connectivity index (χ0n) is 19.0. The Bertz CT molecular complexity index is 1320. The van der Waals surface area contributed by atoms with Crippen molar-refractivity contribution in [3.05, 3.63) is 53.8 Å². The quantitative estimate of drug-likeness (QED) is 0.351. The topological polar surface area (TPSA) is 69.7 Å². The molecule has 1 saturated heterocycles. The zero-order chi connectivity index (χ0) is 24.0. The molecule has 0 unspecified atom stereocenters. The molecule has 6 nitrogen and oxygen atoms in total. The summed E-state index contributed by atoms with van der Waals surface area (Å²) in [4.78, 5) is 11.9. The van der Waals surface area contributed by atoms with Gasteiger partial charge in [-0.25, -0.2) is 9.97 Å². The average Bonchev–Trinajstić information content (AvgIpc) is 3.61. The first-order valence-electron chi connectivity index (χ1n) is 11.8. The Kier molecular flexibility index (Phi) is 5.43. The highest BCUT2D eigenvalue weighted by atomic mass is 32.1. The monoisotopic (exact) mass is 498 g/mol. The SMILES string of the molecule is FC(F)(F)Cc1cc2c(N3CC[C@]4(CC[C@@H](Nc5ccc(-c6ccn[nH]6)cc5)C4)C3)ncnc2s1. The highest BCUT2D eigenvalue weighted by molar-refractivity contribution is 7.18. The second-order valence-corrected chi connectivity index (χ2v) is 10.8. The van der Waals surface area contributed by atoms with Crippen molar-refractivity contribution in [1.82, 2.24) is 20.2 Å². The number of benzene rings is 1. The van der Waals surface area contributed by atoms with E-state index < -0.39 is 12.6 Å². The molecule has 2 aliphatic rings. The number of rotatable bonds is 5. The first-order chi connectivity index (χ1) is 16.9. The molecule has 1 spiro atoms. The van der Waals surface area contributed by atoms with Gasteiger partial charge < -0.3 is 10.2 Å². The molecule has 35 heavy (non-hydrogen) atoms.